The third kappa shape index (κ3) is 3.57. The Labute approximate surface area is 167 Å². The molecule has 3 aromatic rings. The molecule has 28 heavy (non-hydrogen) atoms. The Bertz CT molecular complexity index is 1060. The predicted octanol–water partition coefficient (Wildman–Crippen LogP) is 4.24. The fourth-order valence-corrected chi connectivity index (χ4v) is 4.70. The molecule has 1 aromatic carbocycles. The lowest BCUT2D eigenvalue weighted by Gasteiger charge is -2.11. The zero-order valence-corrected chi connectivity index (χ0v) is 16.6. The number of methoxy groups -OCH3 is 2. The smallest absolute Gasteiger partial charge is 0.249 e. The van der Waals surface area contributed by atoms with Crippen molar-refractivity contribution in [1.29, 1.82) is 0 Å². The number of nitrogens with one attached hydrogen (secondary N) is 1. The van der Waals surface area contributed by atoms with Gasteiger partial charge in [-0.25, -0.2) is 9.97 Å². The van der Waals surface area contributed by atoms with E-state index in [-0.39, 0.29) is 5.91 Å². The van der Waals surface area contributed by atoms with E-state index in [1.807, 2.05) is 18.2 Å². The van der Waals surface area contributed by atoms with E-state index in [1.165, 1.54) is 35.7 Å². The highest BCUT2D eigenvalue weighted by Gasteiger charge is 2.20. The van der Waals surface area contributed by atoms with Crippen LogP contribution in [0.15, 0.2) is 30.6 Å². The maximum atomic E-state index is 12.5. The molecule has 4 rings (SSSR count). The van der Waals surface area contributed by atoms with Gasteiger partial charge in [-0.2, -0.15) is 0 Å². The number of rotatable bonds is 5. The third-order valence-electron chi connectivity index (χ3n) is 4.83. The fourth-order valence-electron chi connectivity index (χ4n) is 3.47. The molecule has 0 atom stereocenters. The van der Waals surface area contributed by atoms with Crippen LogP contribution in [0.4, 0.5) is 5.82 Å². The van der Waals surface area contributed by atoms with E-state index in [0.29, 0.717) is 17.3 Å². The Balaban J connectivity index is 1.56. The molecule has 0 bridgehead atoms. The van der Waals surface area contributed by atoms with E-state index in [0.717, 1.165) is 28.6 Å². The minimum Gasteiger partial charge on any atom is -0.493 e. The maximum Gasteiger partial charge on any atom is 0.249 e. The van der Waals surface area contributed by atoms with Crippen LogP contribution in [-0.2, 0) is 17.6 Å². The van der Waals surface area contributed by atoms with Crippen molar-refractivity contribution in [3.05, 3.63) is 46.6 Å². The number of thiophene rings is 1. The third-order valence-corrected chi connectivity index (χ3v) is 6.03. The van der Waals surface area contributed by atoms with Crippen molar-refractivity contribution >= 4 is 39.4 Å². The summed E-state index contributed by atoms with van der Waals surface area (Å²) in [6.07, 6.45) is 9.23. The average Bonchev–Trinajstić information content (AvgIpc) is 3.11. The molecule has 0 saturated carbocycles. The van der Waals surface area contributed by atoms with Gasteiger partial charge in [0.25, 0.3) is 0 Å². The summed E-state index contributed by atoms with van der Waals surface area (Å²) in [7, 11) is 3.17. The van der Waals surface area contributed by atoms with E-state index < -0.39 is 0 Å². The highest BCUT2D eigenvalue weighted by Crippen LogP contribution is 2.38. The minimum atomic E-state index is -0.231. The van der Waals surface area contributed by atoms with Crippen LogP contribution in [0.5, 0.6) is 11.5 Å². The lowest BCUT2D eigenvalue weighted by atomic mass is 9.97. The molecule has 0 radical (unpaired) electrons. The number of hydrogen-bond donors (Lipinski definition) is 1. The number of ether oxygens (including phenoxy) is 2. The highest BCUT2D eigenvalue weighted by atomic mass is 32.1. The second kappa shape index (κ2) is 7.98. The molecule has 1 N–H and O–H groups in total. The van der Waals surface area contributed by atoms with Gasteiger partial charge in [0, 0.05) is 11.0 Å². The van der Waals surface area contributed by atoms with E-state index in [2.05, 4.69) is 15.3 Å². The first-order valence-corrected chi connectivity index (χ1v) is 9.97. The lowest BCUT2D eigenvalue weighted by Crippen LogP contribution is -2.10. The number of aryl methyl sites for hydroxylation is 2. The number of anilines is 1. The van der Waals surface area contributed by atoms with Crippen LogP contribution >= 0.6 is 11.3 Å². The number of carbonyl (C=O) groups excluding carboxylic acids is 1. The van der Waals surface area contributed by atoms with Crippen molar-refractivity contribution in [2.75, 3.05) is 19.5 Å². The number of carbonyl (C=O) groups is 1. The first-order valence-electron chi connectivity index (χ1n) is 9.16. The lowest BCUT2D eigenvalue weighted by molar-refractivity contribution is -0.111. The molecule has 1 amide bonds. The van der Waals surface area contributed by atoms with Crippen molar-refractivity contribution in [1.82, 2.24) is 9.97 Å². The van der Waals surface area contributed by atoms with Crippen LogP contribution < -0.4 is 14.8 Å². The summed E-state index contributed by atoms with van der Waals surface area (Å²) in [5, 5.41) is 3.91. The maximum absolute atomic E-state index is 12.5. The molecule has 2 heterocycles. The van der Waals surface area contributed by atoms with E-state index in [9.17, 15) is 4.79 Å². The summed E-state index contributed by atoms with van der Waals surface area (Å²) in [5.74, 6) is 1.62. The Morgan fingerprint density at radius 1 is 1.14 bits per heavy atom. The monoisotopic (exact) mass is 395 g/mol. The van der Waals surface area contributed by atoms with Crippen molar-refractivity contribution in [2.45, 2.75) is 25.7 Å². The number of nitrogens with zero attached hydrogens (tertiary/aromatic N) is 2. The largest absolute Gasteiger partial charge is 0.493 e. The predicted molar refractivity (Wildman–Crippen MR) is 111 cm³/mol. The van der Waals surface area contributed by atoms with Crippen LogP contribution in [0.25, 0.3) is 16.3 Å². The standard InChI is InChI=1S/C21H21N3O3S/c1-26-15-9-7-13(11-16(15)27-2)8-10-18(25)24-20-19-14-5-3-4-6-17(14)28-21(19)23-12-22-20/h7-12H,3-6H2,1-2H3,(H,22,23,24,25). The second-order valence-corrected chi connectivity index (χ2v) is 7.63. The van der Waals surface area contributed by atoms with Gasteiger partial charge in [0.1, 0.15) is 17.0 Å². The molecule has 2 aromatic heterocycles. The van der Waals surface area contributed by atoms with Crippen LogP contribution in [0, 0.1) is 0 Å². The zero-order chi connectivity index (χ0) is 19.5. The Kier molecular flexibility index (Phi) is 5.25. The second-order valence-electron chi connectivity index (χ2n) is 6.55. The average molecular weight is 395 g/mol. The van der Waals surface area contributed by atoms with Crippen molar-refractivity contribution in [2.24, 2.45) is 0 Å². The molecule has 6 nitrogen and oxygen atoms in total. The van der Waals surface area contributed by atoms with Gasteiger partial charge in [0.15, 0.2) is 11.5 Å². The molecule has 7 heteroatoms. The molecule has 0 saturated heterocycles. The molecule has 0 aliphatic heterocycles. The van der Waals surface area contributed by atoms with Crippen LogP contribution in [-0.4, -0.2) is 30.1 Å². The van der Waals surface area contributed by atoms with E-state index >= 15 is 0 Å². The molecular weight excluding hydrogens is 374 g/mol. The minimum absolute atomic E-state index is 0.231. The number of amides is 1. The Morgan fingerprint density at radius 2 is 1.96 bits per heavy atom. The van der Waals surface area contributed by atoms with Crippen LogP contribution in [0.2, 0.25) is 0 Å². The normalized spacial score (nSPS) is 13.5. The summed E-state index contributed by atoms with van der Waals surface area (Å²) in [6.45, 7) is 0. The molecule has 1 aliphatic rings. The van der Waals surface area contributed by atoms with Crippen molar-refractivity contribution in [3.63, 3.8) is 0 Å². The van der Waals surface area contributed by atoms with E-state index in [4.69, 9.17) is 9.47 Å². The zero-order valence-electron chi connectivity index (χ0n) is 15.8. The first-order chi connectivity index (χ1) is 13.7. The molecule has 0 spiro atoms. The fraction of sp³-hybridized carbons (Fsp3) is 0.286. The summed E-state index contributed by atoms with van der Waals surface area (Å²) in [4.78, 5) is 23.5. The summed E-state index contributed by atoms with van der Waals surface area (Å²) in [6, 6.07) is 5.49. The summed E-state index contributed by atoms with van der Waals surface area (Å²) < 4.78 is 10.5. The van der Waals surface area contributed by atoms with E-state index in [1.54, 1.807) is 31.6 Å². The molecule has 1 aliphatic carbocycles. The number of benzene rings is 1. The van der Waals surface area contributed by atoms with Gasteiger partial charge in [-0.05, 0) is 55.0 Å². The molecule has 144 valence electrons. The molecular formula is C21H21N3O3S. The van der Waals surface area contributed by atoms with Gasteiger partial charge < -0.3 is 14.8 Å². The van der Waals surface area contributed by atoms with Gasteiger partial charge in [-0.15, -0.1) is 11.3 Å². The summed E-state index contributed by atoms with van der Waals surface area (Å²) >= 11 is 1.71. The number of aromatic nitrogens is 2. The molecule has 0 unspecified atom stereocenters. The van der Waals surface area contributed by atoms with Gasteiger partial charge in [0.2, 0.25) is 5.91 Å². The first kappa shape index (κ1) is 18.4. The van der Waals surface area contributed by atoms with Gasteiger partial charge in [-0.1, -0.05) is 6.07 Å². The Hall–Kier alpha value is -2.93. The van der Waals surface area contributed by atoms with Crippen LogP contribution in [0.3, 0.4) is 0 Å². The summed E-state index contributed by atoms with van der Waals surface area (Å²) in [5.41, 5.74) is 2.14. The van der Waals surface area contributed by atoms with Crippen LogP contribution in [0.1, 0.15) is 28.8 Å². The van der Waals surface area contributed by atoms with Gasteiger partial charge in [-0.3, -0.25) is 4.79 Å². The molecule has 0 fully saturated rings. The Morgan fingerprint density at radius 3 is 2.79 bits per heavy atom. The van der Waals surface area contributed by atoms with Crippen molar-refractivity contribution < 1.29 is 14.3 Å². The SMILES string of the molecule is COc1ccc(C=CC(=O)Nc2ncnc3sc4c(c23)CCCC4)cc1OC. The topological polar surface area (TPSA) is 73.3 Å². The van der Waals surface area contributed by atoms with Crippen molar-refractivity contribution in [3.8, 4) is 11.5 Å². The number of hydrogen-bond acceptors (Lipinski definition) is 6. The van der Waals surface area contributed by atoms with Gasteiger partial charge in [0.05, 0.1) is 19.6 Å². The quantitative estimate of drug-likeness (QED) is 0.654. The highest BCUT2D eigenvalue weighted by molar-refractivity contribution is 7.19. The van der Waals surface area contributed by atoms with Gasteiger partial charge >= 0.3 is 0 Å². The number of fused-ring (bicyclic) bond motifs is 3.